The molecule has 0 radical (unpaired) electrons. The molecule has 1 N–H and O–H groups in total. The van der Waals surface area contributed by atoms with E-state index in [0.29, 0.717) is 0 Å². The van der Waals surface area contributed by atoms with Crippen LogP contribution in [0.3, 0.4) is 0 Å². The molecule has 2 nitrogen and oxygen atoms in total. The van der Waals surface area contributed by atoms with Gasteiger partial charge >= 0.3 is 0 Å². The summed E-state index contributed by atoms with van der Waals surface area (Å²) in [5, 5.41) is 3.74. The molecule has 0 spiro atoms. The third-order valence-electron chi connectivity index (χ3n) is 4.09. The molecule has 1 fully saturated rings. The molecule has 1 saturated heterocycles. The second-order valence-electron chi connectivity index (χ2n) is 6.14. The van der Waals surface area contributed by atoms with Crippen LogP contribution >= 0.6 is 0 Å². The number of rotatable bonds is 3. The Hall–Kier alpha value is -1.02. The first kappa shape index (κ1) is 13.4. The zero-order chi connectivity index (χ0) is 13.2. The largest absolute Gasteiger partial charge is 0.494 e. The highest BCUT2D eigenvalue weighted by atomic mass is 16.5. The Morgan fingerprint density at radius 3 is 2.33 bits per heavy atom. The first-order valence-corrected chi connectivity index (χ1v) is 6.98. The number of benzene rings is 1. The van der Waals surface area contributed by atoms with Gasteiger partial charge in [-0.25, -0.2) is 0 Å². The van der Waals surface area contributed by atoms with E-state index in [1.54, 1.807) is 0 Å². The van der Waals surface area contributed by atoms with Gasteiger partial charge < -0.3 is 10.1 Å². The van der Waals surface area contributed by atoms with Gasteiger partial charge in [0.25, 0.3) is 0 Å². The molecule has 1 aliphatic rings. The van der Waals surface area contributed by atoms with Crippen LogP contribution < -0.4 is 10.1 Å². The summed E-state index contributed by atoms with van der Waals surface area (Å²) in [5.74, 6) is 0.961. The number of hydrogen-bond acceptors (Lipinski definition) is 2. The maximum absolute atomic E-state index is 5.52. The standard InChI is InChI=1S/C16H25NO/c1-5-18-14-9-7-13(8-10-14)16(15(2,3)4)11-6-12-17-16/h7-10,17H,5-6,11-12H2,1-4H3. The summed E-state index contributed by atoms with van der Waals surface area (Å²) in [6.45, 7) is 10.8. The van der Waals surface area contributed by atoms with Crippen LogP contribution in [-0.4, -0.2) is 13.2 Å². The predicted octanol–water partition coefficient (Wildman–Crippen LogP) is 3.71. The fourth-order valence-electron chi connectivity index (χ4n) is 3.07. The second kappa shape index (κ2) is 4.93. The summed E-state index contributed by atoms with van der Waals surface area (Å²) in [6.07, 6.45) is 2.47. The Kier molecular flexibility index (Phi) is 3.67. The molecule has 0 aromatic heterocycles. The third kappa shape index (κ3) is 2.26. The SMILES string of the molecule is CCOc1ccc(C2(C(C)(C)C)CCCN2)cc1. The molecule has 0 bridgehead atoms. The van der Waals surface area contributed by atoms with Gasteiger partial charge in [-0.2, -0.15) is 0 Å². The molecule has 100 valence electrons. The third-order valence-corrected chi connectivity index (χ3v) is 4.09. The van der Waals surface area contributed by atoms with Crippen LogP contribution in [0.5, 0.6) is 5.75 Å². The number of hydrogen-bond donors (Lipinski definition) is 1. The maximum Gasteiger partial charge on any atom is 0.119 e. The van der Waals surface area contributed by atoms with Crippen molar-refractivity contribution in [3.63, 3.8) is 0 Å². The smallest absolute Gasteiger partial charge is 0.119 e. The van der Waals surface area contributed by atoms with E-state index in [-0.39, 0.29) is 11.0 Å². The van der Waals surface area contributed by atoms with Crippen LogP contribution in [0.4, 0.5) is 0 Å². The molecule has 1 aromatic rings. The lowest BCUT2D eigenvalue weighted by Gasteiger charge is -2.43. The van der Waals surface area contributed by atoms with E-state index < -0.39 is 0 Å². The van der Waals surface area contributed by atoms with Crippen molar-refractivity contribution in [3.05, 3.63) is 29.8 Å². The monoisotopic (exact) mass is 247 g/mol. The number of nitrogens with one attached hydrogen (secondary N) is 1. The molecule has 18 heavy (non-hydrogen) atoms. The average Bonchev–Trinajstić information content (AvgIpc) is 2.80. The Morgan fingerprint density at radius 2 is 1.89 bits per heavy atom. The van der Waals surface area contributed by atoms with Gasteiger partial charge in [-0.3, -0.25) is 0 Å². The minimum absolute atomic E-state index is 0.109. The molecule has 0 amide bonds. The van der Waals surface area contributed by atoms with Crippen molar-refractivity contribution in [2.24, 2.45) is 5.41 Å². The van der Waals surface area contributed by atoms with Gasteiger partial charge in [-0.1, -0.05) is 32.9 Å². The van der Waals surface area contributed by atoms with Crippen molar-refractivity contribution in [1.29, 1.82) is 0 Å². The Balaban J connectivity index is 2.32. The van der Waals surface area contributed by atoms with Crippen molar-refractivity contribution in [1.82, 2.24) is 5.32 Å². The number of ether oxygens (including phenoxy) is 1. The molecule has 1 atom stereocenters. The molecule has 1 aliphatic heterocycles. The van der Waals surface area contributed by atoms with Crippen LogP contribution in [0.25, 0.3) is 0 Å². The zero-order valence-corrected chi connectivity index (χ0v) is 12.0. The van der Waals surface area contributed by atoms with Gasteiger partial charge in [0.2, 0.25) is 0 Å². The summed E-state index contributed by atoms with van der Waals surface area (Å²) >= 11 is 0. The van der Waals surface area contributed by atoms with Crippen molar-refractivity contribution in [3.8, 4) is 5.75 Å². The van der Waals surface area contributed by atoms with Crippen LogP contribution in [0.1, 0.15) is 46.1 Å². The zero-order valence-electron chi connectivity index (χ0n) is 12.0. The van der Waals surface area contributed by atoms with E-state index in [4.69, 9.17) is 4.74 Å². The summed E-state index contributed by atoms with van der Waals surface area (Å²) in [5.41, 5.74) is 1.71. The maximum atomic E-state index is 5.52. The van der Waals surface area contributed by atoms with Crippen molar-refractivity contribution in [2.45, 2.75) is 46.1 Å². The molecule has 2 heteroatoms. The van der Waals surface area contributed by atoms with Gasteiger partial charge in [-0.05, 0) is 49.4 Å². The van der Waals surface area contributed by atoms with E-state index >= 15 is 0 Å². The van der Waals surface area contributed by atoms with Gasteiger partial charge in [0, 0.05) is 5.54 Å². The van der Waals surface area contributed by atoms with Crippen molar-refractivity contribution in [2.75, 3.05) is 13.2 Å². The molecular formula is C16H25NO. The van der Waals surface area contributed by atoms with Crippen molar-refractivity contribution < 1.29 is 4.74 Å². The Bertz CT molecular complexity index is 383. The lowest BCUT2D eigenvalue weighted by Crippen LogP contribution is -2.47. The lowest BCUT2D eigenvalue weighted by atomic mass is 9.68. The normalized spacial score (nSPS) is 24.2. The first-order valence-electron chi connectivity index (χ1n) is 6.98. The van der Waals surface area contributed by atoms with E-state index in [1.165, 1.54) is 18.4 Å². The van der Waals surface area contributed by atoms with Crippen LogP contribution in [0.2, 0.25) is 0 Å². The van der Waals surface area contributed by atoms with E-state index in [9.17, 15) is 0 Å². The second-order valence-corrected chi connectivity index (χ2v) is 6.14. The van der Waals surface area contributed by atoms with Crippen LogP contribution in [0.15, 0.2) is 24.3 Å². The van der Waals surface area contributed by atoms with Gasteiger partial charge in [0.05, 0.1) is 6.61 Å². The summed E-state index contributed by atoms with van der Waals surface area (Å²) in [4.78, 5) is 0. The van der Waals surface area contributed by atoms with Crippen LogP contribution in [0, 0.1) is 5.41 Å². The van der Waals surface area contributed by atoms with Gasteiger partial charge in [-0.15, -0.1) is 0 Å². The first-order chi connectivity index (χ1) is 8.49. The van der Waals surface area contributed by atoms with E-state index in [0.717, 1.165) is 18.9 Å². The molecule has 0 aliphatic carbocycles. The highest BCUT2D eigenvalue weighted by Gasteiger charge is 2.45. The quantitative estimate of drug-likeness (QED) is 0.879. The molecule has 2 rings (SSSR count). The molecular weight excluding hydrogens is 222 g/mol. The molecule has 0 saturated carbocycles. The minimum atomic E-state index is 0.109. The summed E-state index contributed by atoms with van der Waals surface area (Å²) in [6, 6.07) is 8.61. The Labute approximate surface area is 111 Å². The highest BCUT2D eigenvalue weighted by molar-refractivity contribution is 5.34. The Morgan fingerprint density at radius 1 is 1.22 bits per heavy atom. The summed E-state index contributed by atoms with van der Waals surface area (Å²) in [7, 11) is 0. The summed E-state index contributed by atoms with van der Waals surface area (Å²) < 4.78 is 5.52. The van der Waals surface area contributed by atoms with E-state index in [2.05, 4.69) is 50.4 Å². The molecule has 1 heterocycles. The molecule has 1 aromatic carbocycles. The topological polar surface area (TPSA) is 21.3 Å². The average molecular weight is 247 g/mol. The minimum Gasteiger partial charge on any atom is -0.494 e. The van der Waals surface area contributed by atoms with Crippen LogP contribution in [-0.2, 0) is 5.54 Å². The van der Waals surface area contributed by atoms with E-state index in [1.807, 2.05) is 6.92 Å². The highest BCUT2D eigenvalue weighted by Crippen LogP contribution is 2.45. The fourth-order valence-corrected chi connectivity index (χ4v) is 3.07. The predicted molar refractivity (Wildman–Crippen MR) is 76.0 cm³/mol. The fraction of sp³-hybridized carbons (Fsp3) is 0.625. The van der Waals surface area contributed by atoms with Gasteiger partial charge in [0.1, 0.15) is 5.75 Å². The molecule has 1 unspecified atom stereocenters. The van der Waals surface area contributed by atoms with Gasteiger partial charge in [0.15, 0.2) is 0 Å². The van der Waals surface area contributed by atoms with Crippen molar-refractivity contribution >= 4 is 0 Å². The lowest BCUT2D eigenvalue weighted by molar-refractivity contribution is 0.160.